The molecule has 2 rings (SSSR count). The van der Waals surface area contributed by atoms with Crippen molar-refractivity contribution in [3.63, 3.8) is 0 Å². The van der Waals surface area contributed by atoms with Gasteiger partial charge in [0.1, 0.15) is 5.75 Å². The van der Waals surface area contributed by atoms with Crippen LogP contribution in [0.25, 0.3) is 0 Å². The second kappa shape index (κ2) is 7.09. The number of hydrogen-bond donors (Lipinski definition) is 2. The number of aryl methyl sites for hydroxylation is 1. The predicted molar refractivity (Wildman–Crippen MR) is 82.4 cm³/mol. The zero-order valence-electron chi connectivity index (χ0n) is 12.9. The maximum atomic E-state index is 9.32. The number of hydrogen-bond acceptors (Lipinski definition) is 3. The number of benzene rings is 1. The molecule has 0 saturated heterocycles. The minimum Gasteiger partial charge on any atom is -0.494 e. The third kappa shape index (κ3) is 4.50. The summed E-state index contributed by atoms with van der Waals surface area (Å²) in [6, 6.07) is 7.10. The van der Waals surface area contributed by atoms with Gasteiger partial charge in [0, 0.05) is 12.1 Å². The summed E-state index contributed by atoms with van der Waals surface area (Å²) in [5, 5.41) is 12.8. The Morgan fingerprint density at radius 2 is 2.10 bits per heavy atom. The van der Waals surface area contributed by atoms with Crippen molar-refractivity contribution < 1.29 is 9.84 Å². The van der Waals surface area contributed by atoms with E-state index in [4.69, 9.17) is 4.74 Å². The zero-order chi connectivity index (χ0) is 14.5. The van der Waals surface area contributed by atoms with E-state index in [1.807, 2.05) is 6.07 Å². The lowest BCUT2D eigenvalue weighted by molar-refractivity contribution is 0.207. The molecule has 1 unspecified atom stereocenters. The average Bonchev–Trinajstić information content (AvgIpc) is 3.21. The molecule has 20 heavy (non-hydrogen) atoms. The molecular weight excluding hydrogens is 250 g/mol. The van der Waals surface area contributed by atoms with Gasteiger partial charge in [-0.05, 0) is 55.4 Å². The van der Waals surface area contributed by atoms with E-state index in [2.05, 4.69) is 38.2 Å². The first-order valence-corrected chi connectivity index (χ1v) is 7.70. The molecule has 2 N–H and O–H groups in total. The molecule has 3 heteroatoms. The van der Waals surface area contributed by atoms with Gasteiger partial charge in [0.15, 0.2) is 0 Å². The molecule has 0 radical (unpaired) electrons. The van der Waals surface area contributed by atoms with E-state index in [0.29, 0.717) is 18.6 Å². The summed E-state index contributed by atoms with van der Waals surface area (Å²) in [4.78, 5) is 0. The van der Waals surface area contributed by atoms with Gasteiger partial charge in [0.05, 0.1) is 13.2 Å². The van der Waals surface area contributed by atoms with E-state index in [9.17, 15) is 5.11 Å². The maximum absolute atomic E-state index is 9.32. The van der Waals surface area contributed by atoms with E-state index < -0.39 is 0 Å². The Labute approximate surface area is 122 Å². The monoisotopic (exact) mass is 277 g/mol. The van der Waals surface area contributed by atoms with Crippen molar-refractivity contribution in [2.45, 2.75) is 58.0 Å². The molecule has 1 saturated carbocycles. The fourth-order valence-electron chi connectivity index (χ4n) is 2.52. The molecule has 0 bridgehead atoms. The minimum absolute atomic E-state index is 0.165. The molecule has 0 amide bonds. The van der Waals surface area contributed by atoms with Crippen LogP contribution in [0.5, 0.6) is 5.75 Å². The topological polar surface area (TPSA) is 41.5 Å². The van der Waals surface area contributed by atoms with Crippen molar-refractivity contribution in [1.29, 1.82) is 0 Å². The van der Waals surface area contributed by atoms with Crippen LogP contribution in [0, 0.1) is 6.92 Å². The highest BCUT2D eigenvalue weighted by Crippen LogP contribution is 2.24. The second-order valence-corrected chi connectivity index (χ2v) is 6.13. The van der Waals surface area contributed by atoms with Gasteiger partial charge in [-0.25, -0.2) is 0 Å². The average molecular weight is 277 g/mol. The largest absolute Gasteiger partial charge is 0.494 e. The van der Waals surface area contributed by atoms with Gasteiger partial charge in [0.2, 0.25) is 0 Å². The van der Waals surface area contributed by atoms with Gasteiger partial charge in [-0.2, -0.15) is 0 Å². The van der Waals surface area contributed by atoms with Crippen LogP contribution in [0.4, 0.5) is 0 Å². The molecule has 1 aromatic carbocycles. The van der Waals surface area contributed by atoms with Crippen LogP contribution in [0.2, 0.25) is 0 Å². The molecule has 112 valence electrons. The summed E-state index contributed by atoms with van der Waals surface area (Å²) in [5.74, 6) is 1.47. The third-order valence-corrected chi connectivity index (χ3v) is 3.87. The Kier molecular flexibility index (Phi) is 5.44. The summed E-state index contributed by atoms with van der Waals surface area (Å²) < 4.78 is 5.80. The zero-order valence-corrected chi connectivity index (χ0v) is 12.9. The van der Waals surface area contributed by atoms with Crippen LogP contribution in [0.15, 0.2) is 18.2 Å². The lowest BCUT2D eigenvalue weighted by atomic mass is 9.98. The van der Waals surface area contributed by atoms with Crippen molar-refractivity contribution in [3.05, 3.63) is 29.3 Å². The number of aliphatic hydroxyl groups is 1. The summed E-state index contributed by atoms with van der Waals surface area (Å²) in [5.41, 5.74) is 2.66. The van der Waals surface area contributed by atoms with E-state index in [0.717, 1.165) is 12.2 Å². The van der Waals surface area contributed by atoms with E-state index in [1.165, 1.54) is 24.0 Å². The first kappa shape index (κ1) is 15.3. The standard InChI is InChI=1S/C17H27NO2/c1-12(2)17-7-6-16(10-13(17)3)20-9-8-15(11-19)18-14-4-5-14/h6-7,10,12,14-15,18-19H,4-5,8-9,11H2,1-3H3. The van der Waals surface area contributed by atoms with Crippen LogP contribution in [0.3, 0.4) is 0 Å². The van der Waals surface area contributed by atoms with Crippen molar-refractivity contribution in [2.75, 3.05) is 13.2 Å². The van der Waals surface area contributed by atoms with E-state index in [-0.39, 0.29) is 12.6 Å². The van der Waals surface area contributed by atoms with Crippen molar-refractivity contribution >= 4 is 0 Å². The highest BCUT2D eigenvalue weighted by atomic mass is 16.5. The Balaban J connectivity index is 1.79. The first-order chi connectivity index (χ1) is 9.60. The molecule has 1 aliphatic carbocycles. The number of aliphatic hydroxyl groups excluding tert-OH is 1. The molecule has 0 aromatic heterocycles. The number of rotatable bonds is 8. The van der Waals surface area contributed by atoms with Crippen LogP contribution < -0.4 is 10.1 Å². The van der Waals surface area contributed by atoms with Crippen molar-refractivity contribution in [1.82, 2.24) is 5.32 Å². The highest BCUT2D eigenvalue weighted by molar-refractivity contribution is 5.36. The van der Waals surface area contributed by atoms with Crippen LogP contribution in [-0.4, -0.2) is 30.4 Å². The summed E-state index contributed by atoms with van der Waals surface area (Å²) in [6.45, 7) is 7.38. The Hall–Kier alpha value is -1.06. The molecule has 0 spiro atoms. The summed E-state index contributed by atoms with van der Waals surface area (Å²) in [7, 11) is 0. The molecule has 0 heterocycles. The fraction of sp³-hybridized carbons (Fsp3) is 0.647. The van der Waals surface area contributed by atoms with Crippen molar-refractivity contribution in [3.8, 4) is 5.75 Å². The van der Waals surface area contributed by atoms with E-state index in [1.54, 1.807) is 0 Å². The molecule has 1 aliphatic rings. The van der Waals surface area contributed by atoms with Crippen LogP contribution >= 0.6 is 0 Å². The Morgan fingerprint density at radius 1 is 1.35 bits per heavy atom. The lowest BCUT2D eigenvalue weighted by Crippen LogP contribution is -2.35. The predicted octanol–water partition coefficient (Wildman–Crippen LogP) is 3.00. The van der Waals surface area contributed by atoms with Gasteiger partial charge in [0.25, 0.3) is 0 Å². The normalized spacial score (nSPS) is 16.4. The number of ether oxygens (including phenoxy) is 1. The fourth-order valence-corrected chi connectivity index (χ4v) is 2.52. The molecular formula is C17H27NO2. The minimum atomic E-state index is 0.165. The van der Waals surface area contributed by atoms with Crippen LogP contribution in [-0.2, 0) is 0 Å². The van der Waals surface area contributed by atoms with Crippen LogP contribution in [0.1, 0.15) is 50.2 Å². The van der Waals surface area contributed by atoms with Gasteiger partial charge < -0.3 is 15.2 Å². The highest BCUT2D eigenvalue weighted by Gasteiger charge is 2.24. The van der Waals surface area contributed by atoms with Crippen molar-refractivity contribution in [2.24, 2.45) is 0 Å². The molecule has 1 fully saturated rings. The molecule has 0 aliphatic heterocycles. The Bertz CT molecular complexity index is 427. The smallest absolute Gasteiger partial charge is 0.119 e. The van der Waals surface area contributed by atoms with Gasteiger partial charge in [-0.3, -0.25) is 0 Å². The Morgan fingerprint density at radius 3 is 2.65 bits per heavy atom. The first-order valence-electron chi connectivity index (χ1n) is 7.70. The summed E-state index contributed by atoms with van der Waals surface area (Å²) >= 11 is 0. The molecule has 1 aromatic rings. The quantitative estimate of drug-likeness (QED) is 0.767. The van der Waals surface area contributed by atoms with Gasteiger partial charge in [-0.1, -0.05) is 19.9 Å². The van der Waals surface area contributed by atoms with E-state index >= 15 is 0 Å². The number of nitrogens with one attached hydrogen (secondary N) is 1. The lowest BCUT2D eigenvalue weighted by Gasteiger charge is -2.17. The second-order valence-electron chi connectivity index (χ2n) is 6.13. The third-order valence-electron chi connectivity index (χ3n) is 3.87. The molecule has 1 atom stereocenters. The van der Waals surface area contributed by atoms with Gasteiger partial charge in [-0.15, -0.1) is 0 Å². The summed E-state index contributed by atoms with van der Waals surface area (Å²) in [6.07, 6.45) is 3.33. The molecule has 3 nitrogen and oxygen atoms in total. The van der Waals surface area contributed by atoms with Gasteiger partial charge >= 0.3 is 0 Å². The maximum Gasteiger partial charge on any atom is 0.119 e. The SMILES string of the molecule is Cc1cc(OCCC(CO)NC2CC2)ccc1C(C)C.